The second kappa shape index (κ2) is 6.36. The standard InChI is InChI=1S/C20H23NO2S/c1-6-14-8-7-9-16(18(14)24-5)17-12-15(10-11-21-17)20(4)13-22-19(2,3)23-20/h6-12H,1,13H2,2-5H3. The minimum atomic E-state index is -0.564. The van der Waals surface area contributed by atoms with Crippen LogP contribution in [0.5, 0.6) is 0 Å². The lowest BCUT2D eigenvalue weighted by Gasteiger charge is -2.26. The molecule has 0 N–H and O–H groups in total. The molecule has 2 heterocycles. The molecule has 0 amide bonds. The van der Waals surface area contributed by atoms with Gasteiger partial charge in [-0.25, -0.2) is 0 Å². The molecule has 2 aromatic rings. The van der Waals surface area contributed by atoms with Gasteiger partial charge in [0.25, 0.3) is 0 Å². The maximum atomic E-state index is 6.14. The zero-order chi connectivity index (χ0) is 17.4. The number of aromatic nitrogens is 1. The predicted octanol–water partition coefficient (Wildman–Crippen LogP) is 5.11. The monoisotopic (exact) mass is 341 g/mol. The number of rotatable bonds is 4. The van der Waals surface area contributed by atoms with E-state index in [4.69, 9.17) is 9.47 Å². The molecule has 0 bridgehead atoms. The molecule has 1 aliphatic heterocycles. The summed E-state index contributed by atoms with van der Waals surface area (Å²) in [4.78, 5) is 5.77. The van der Waals surface area contributed by atoms with Crippen molar-refractivity contribution in [1.82, 2.24) is 4.98 Å². The molecule has 1 aromatic carbocycles. The summed E-state index contributed by atoms with van der Waals surface area (Å²) in [5, 5.41) is 0. The molecule has 1 unspecified atom stereocenters. The van der Waals surface area contributed by atoms with E-state index >= 15 is 0 Å². The molecular formula is C20H23NO2S. The maximum Gasteiger partial charge on any atom is 0.164 e. The number of ether oxygens (including phenoxy) is 2. The number of benzene rings is 1. The lowest BCUT2D eigenvalue weighted by molar-refractivity contribution is -0.159. The van der Waals surface area contributed by atoms with Gasteiger partial charge in [-0.3, -0.25) is 4.98 Å². The van der Waals surface area contributed by atoms with Gasteiger partial charge in [0.15, 0.2) is 5.79 Å². The third-order valence-electron chi connectivity index (χ3n) is 4.28. The van der Waals surface area contributed by atoms with Crippen molar-refractivity contribution in [3.05, 3.63) is 54.2 Å². The van der Waals surface area contributed by atoms with Gasteiger partial charge in [0.05, 0.1) is 12.3 Å². The fourth-order valence-corrected chi connectivity index (χ4v) is 3.89. The van der Waals surface area contributed by atoms with Crippen molar-refractivity contribution in [2.24, 2.45) is 0 Å². The molecule has 3 rings (SSSR count). The average molecular weight is 341 g/mol. The Morgan fingerprint density at radius 1 is 1.25 bits per heavy atom. The van der Waals surface area contributed by atoms with E-state index in [1.807, 2.05) is 38.3 Å². The van der Waals surface area contributed by atoms with Crippen LogP contribution in [0.15, 0.2) is 48.0 Å². The highest BCUT2D eigenvalue weighted by Gasteiger charge is 2.43. The van der Waals surface area contributed by atoms with Gasteiger partial charge in [-0.05, 0) is 50.3 Å². The van der Waals surface area contributed by atoms with Crippen LogP contribution < -0.4 is 0 Å². The van der Waals surface area contributed by atoms with E-state index in [1.165, 1.54) is 4.90 Å². The summed E-state index contributed by atoms with van der Waals surface area (Å²) in [6.45, 7) is 10.4. The van der Waals surface area contributed by atoms with Crippen molar-refractivity contribution in [3.63, 3.8) is 0 Å². The molecule has 1 saturated heterocycles. The molecule has 1 aliphatic rings. The third kappa shape index (κ3) is 3.14. The summed E-state index contributed by atoms with van der Waals surface area (Å²) < 4.78 is 11.9. The Morgan fingerprint density at radius 3 is 2.67 bits per heavy atom. The van der Waals surface area contributed by atoms with Gasteiger partial charge in [0.2, 0.25) is 0 Å². The molecule has 0 saturated carbocycles. The Hall–Kier alpha value is -1.62. The van der Waals surface area contributed by atoms with Crippen LogP contribution in [0.25, 0.3) is 17.3 Å². The Kier molecular flexibility index (Phi) is 4.56. The fraction of sp³-hybridized carbons (Fsp3) is 0.350. The number of pyridine rings is 1. The van der Waals surface area contributed by atoms with Crippen LogP contribution in [0.3, 0.4) is 0 Å². The minimum Gasteiger partial charge on any atom is -0.347 e. The fourth-order valence-electron chi connectivity index (χ4n) is 3.11. The van der Waals surface area contributed by atoms with Crippen molar-refractivity contribution < 1.29 is 9.47 Å². The predicted molar refractivity (Wildman–Crippen MR) is 100 cm³/mol. The molecule has 1 aromatic heterocycles. The lowest BCUT2D eigenvalue weighted by atomic mass is 9.95. The van der Waals surface area contributed by atoms with Crippen LogP contribution in [-0.4, -0.2) is 23.6 Å². The van der Waals surface area contributed by atoms with E-state index in [1.54, 1.807) is 11.8 Å². The van der Waals surface area contributed by atoms with Crippen LogP contribution in [-0.2, 0) is 15.1 Å². The Labute approximate surface area is 148 Å². The normalized spacial score (nSPS) is 22.5. The smallest absolute Gasteiger partial charge is 0.164 e. The lowest BCUT2D eigenvalue weighted by Crippen LogP contribution is -2.28. The first-order valence-electron chi connectivity index (χ1n) is 7.99. The van der Waals surface area contributed by atoms with Gasteiger partial charge in [0.1, 0.15) is 5.60 Å². The number of hydrogen-bond acceptors (Lipinski definition) is 4. The van der Waals surface area contributed by atoms with Gasteiger partial charge in [-0.1, -0.05) is 30.9 Å². The first-order chi connectivity index (χ1) is 11.4. The largest absolute Gasteiger partial charge is 0.347 e. The molecule has 0 spiro atoms. The van der Waals surface area contributed by atoms with E-state index < -0.39 is 11.4 Å². The van der Waals surface area contributed by atoms with E-state index in [0.717, 1.165) is 22.4 Å². The van der Waals surface area contributed by atoms with Crippen molar-refractivity contribution in [1.29, 1.82) is 0 Å². The number of nitrogens with zero attached hydrogens (tertiary/aromatic N) is 1. The summed E-state index contributed by atoms with van der Waals surface area (Å²) in [6.07, 6.45) is 5.81. The number of hydrogen-bond donors (Lipinski definition) is 0. The third-order valence-corrected chi connectivity index (χ3v) is 5.15. The molecule has 0 radical (unpaired) electrons. The van der Waals surface area contributed by atoms with Crippen molar-refractivity contribution in [3.8, 4) is 11.3 Å². The first kappa shape index (κ1) is 17.2. The summed E-state index contributed by atoms with van der Waals surface area (Å²) in [5.74, 6) is -0.564. The van der Waals surface area contributed by atoms with Crippen LogP contribution >= 0.6 is 11.8 Å². The van der Waals surface area contributed by atoms with Crippen LogP contribution in [0.4, 0.5) is 0 Å². The summed E-state index contributed by atoms with van der Waals surface area (Å²) in [5.41, 5.74) is 3.80. The maximum absolute atomic E-state index is 6.14. The SMILES string of the molecule is C=Cc1cccc(-c2cc(C3(C)COC(C)(C)O3)ccn2)c1SC. The Bertz CT molecular complexity index is 772. The summed E-state index contributed by atoms with van der Waals surface area (Å²) in [7, 11) is 0. The highest BCUT2D eigenvalue weighted by Crippen LogP contribution is 2.40. The molecule has 1 fully saturated rings. The van der Waals surface area contributed by atoms with Gasteiger partial charge >= 0.3 is 0 Å². The second-order valence-corrected chi connectivity index (χ2v) is 7.40. The zero-order valence-corrected chi connectivity index (χ0v) is 15.4. The van der Waals surface area contributed by atoms with Gasteiger partial charge in [0, 0.05) is 16.7 Å². The molecule has 4 heteroatoms. The van der Waals surface area contributed by atoms with Crippen molar-refractivity contribution in [2.45, 2.75) is 37.1 Å². The van der Waals surface area contributed by atoms with Crippen molar-refractivity contribution >= 4 is 17.8 Å². The molecule has 1 atom stereocenters. The number of thioether (sulfide) groups is 1. The quantitative estimate of drug-likeness (QED) is 0.723. The van der Waals surface area contributed by atoms with E-state index in [0.29, 0.717) is 6.61 Å². The van der Waals surface area contributed by atoms with E-state index in [-0.39, 0.29) is 0 Å². The van der Waals surface area contributed by atoms with Crippen LogP contribution in [0.2, 0.25) is 0 Å². The molecule has 24 heavy (non-hydrogen) atoms. The molecule has 3 nitrogen and oxygen atoms in total. The van der Waals surface area contributed by atoms with Crippen LogP contribution in [0, 0.1) is 0 Å². The average Bonchev–Trinajstić information content (AvgIpc) is 2.88. The van der Waals surface area contributed by atoms with E-state index in [9.17, 15) is 0 Å². The van der Waals surface area contributed by atoms with Crippen LogP contribution in [0.1, 0.15) is 31.9 Å². The highest BCUT2D eigenvalue weighted by molar-refractivity contribution is 7.98. The minimum absolute atomic E-state index is 0.462. The van der Waals surface area contributed by atoms with E-state index in [2.05, 4.69) is 42.9 Å². The highest BCUT2D eigenvalue weighted by atomic mass is 32.2. The Morgan fingerprint density at radius 2 is 2.04 bits per heavy atom. The van der Waals surface area contributed by atoms with Crippen molar-refractivity contribution in [2.75, 3.05) is 12.9 Å². The first-order valence-corrected chi connectivity index (χ1v) is 9.21. The molecule has 0 aliphatic carbocycles. The topological polar surface area (TPSA) is 31.4 Å². The van der Waals surface area contributed by atoms with Gasteiger partial charge in [-0.15, -0.1) is 11.8 Å². The Balaban J connectivity index is 2.05. The zero-order valence-electron chi connectivity index (χ0n) is 14.6. The van der Waals surface area contributed by atoms with Gasteiger partial charge in [-0.2, -0.15) is 0 Å². The second-order valence-electron chi connectivity index (χ2n) is 6.58. The summed E-state index contributed by atoms with van der Waals surface area (Å²) in [6, 6.07) is 10.3. The van der Waals surface area contributed by atoms with Gasteiger partial charge < -0.3 is 9.47 Å². The molecular weight excluding hydrogens is 318 g/mol. The molecule has 126 valence electrons. The summed E-state index contributed by atoms with van der Waals surface area (Å²) >= 11 is 1.71.